The van der Waals surface area contributed by atoms with Gasteiger partial charge in [0.2, 0.25) is 0 Å². The second-order valence-electron chi connectivity index (χ2n) is 7.26. The fourth-order valence-corrected chi connectivity index (χ4v) is 3.56. The smallest absolute Gasteiger partial charge is 0.168 e. The Hall–Kier alpha value is -2.02. The van der Waals surface area contributed by atoms with Crippen molar-refractivity contribution in [3.63, 3.8) is 0 Å². The lowest BCUT2D eigenvalue weighted by atomic mass is 10.0. The van der Waals surface area contributed by atoms with Crippen molar-refractivity contribution in [1.29, 1.82) is 0 Å². The minimum atomic E-state index is -0.192. The first-order valence-corrected chi connectivity index (χ1v) is 8.99. The van der Waals surface area contributed by atoms with Crippen LogP contribution in [-0.2, 0) is 0 Å². The first kappa shape index (κ1) is 17.8. The molecule has 1 aromatic heterocycles. The second kappa shape index (κ2) is 7.47. The average molecular weight is 346 g/mol. The molecular weight excluding hydrogens is 319 g/mol. The maximum absolute atomic E-state index is 13.1. The van der Waals surface area contributed by atoms with Gasteiger partial charge in [-0.15, -0.1) is 5.10 Å². The Bertz CT molecular complexity index is 673. The third-order valence-corrected chi connectivity index (χ3v) is 4.80. The molecule has 7 heteroatoms. The first-order chi connectivity index (χ1) is 12.0. The fraction of sp³-hybridized carbons (Fsp3) is 0.611. The molecule has 1 aliphatic heterocycles. The predicted octanol–water partition coefficient (Wildman–Crippen LogP) is 2.91. The van der Waals surface area contributed by atoms with E-state index in [4.69, 9.17) is 0 Å². The summed E-state index contributed by atoms with van der Waals surface area (Å²) >= 11 is 0. The molecule has 0 radical (unpaired) electrons. The Morgan fingerprint density at radius 2 is 1.60 bits per heavy atom. The van der Waals surface area contributed by atoms with Crippen LogP contribution in [0.25, 0.3) is 0 Å². The summed E-state index contributed by atoms with van der Waals surface area (Å²) in [4.78, 5) is 4.77. The summed E-state index contributed by atoms with van der Waals surface area (Å²) in [6.07, 6.45) is 0. The molecule has 0 bridgehead atoms. The highest BCUT2D eigenvalue weighted by Crippen LogP contribution is 2.29. The number of benzene rings is 1. The summed E-state index contributed by atoms with van der Waals surface area (Å²) in [5.74, 6) is 1.17. The lowest BCUT2D eigenvalue weighted by molar-refractivity contribution is 0.133. The SMILES string of the molecule is CC(C)C(c1nnnn1C(C)C)N1CCN(c2ccc(F)cc2)CC1. The van der Waals surface area contributed by atoms with Crippen molar-refractivity contribution in [3.05, 3.63) is 35.9 Å². The number of hydrogen-bond donors (Lipinski definition) is 0. The maximum atomic E-state index is 13.1. The van der Waals surface area contributed by atoms with Crippen LogP contribution < -0.4 is 4.90 Å². The van der Waals surface area contributed by atoms with Gasteiger partial charge in [-0.1, -0.05) is 13.8 Å². The van der Waals surface area contributed by atoms with E-state index < -0.39 is 0 Å². The fourth-order valence-electron chi connectivity index (χ4n) is 3.56. The van der Waals surface area contributed by atoms with E-state index in [1.165, 1.54) is 12.1 Å². The molecule has 6 nitrogen and oxygen atoms in total. The summed E-state index contributed by atoms with van der Waals surface area (Å²) in [5, 5.41) is 12.4. The van der Waals surface area contributed by atoms with E-state index in [9.17, 15) is 4.39 Å². The van der Waals surface area contributed by atoms with E-state index >= 15 is 0 Å². The molecule has 0 N–H and O–H groups in total. The van der Waals surface area contributed by atoms with Crippen LogP contribution in [0.3, 0.4) is 0 Å². The summed E-state index contributed by atoms with van der Waals surface area (Å²) in [7, 11) is 0. The molecule has 0 aliphatic carbocycles. The number of rotatable bonds is 5. The zero-order valence-electron chi connectivity index (χ0n) is 15.4. The number of tetrazole rings is 1. The maximum Gasteiger partial charge on any atom is 0.168 e. The Balaban J connectivity index is 1.73. The van der Waals surface area contributed by atoms with Crippen LogP contribution in [0.5, 0.6) is 0 Å². The number of aromatic nitrogens is 4. The van der Waals surface area contributed by atoms with E-state index in [0.717, 1.165) is 37.7 Å². The van der Waals surface area contributed by atoms with Gasteiger partial charge in [0.15, 0.2) is 5.82 Å². The van der Waals surface area contributed by atoms with Crippen LogP contribution in [0.1, 0.15) is 45.6 Å². The number of halogens is 1. The van der Waals surface area contributed by atoms with Crippen molar-refractivity contribution in [3.8, 4) is 0 Å². The van der Waals surface area contributed by atoms with E-state index in [1.54, 1.807) is 0 Å². The molecule has 3 rings (SSSR count). The van der Waals surface area contributed by atoms with Gasteiger partial charge in [0, 0.05) is 31.9 Å². The van der Waals surface area contributed by atoms with Crippen molar-refractivity contribution in [2.45, 2.75) is 39.8 Å². The van der Waals surface area contributed by atoms with Gasteiger partial charge >= 0.3 is 0 Å². The zero-order valence-corrected chi connectivity index (χ0v) is 15.4. The normalized spacial score (nSPS) is 17.5. The Labute approximate surface area is 148 Å². The molecule has 0 saturated carbocycles. The molecular formula is C18H27FN6. The molecule has 1 atom stereocenters. The molecule has 0 amide bonds. The average Bonchev–Trinajstić information content (AvgIpc) is 3.06. The van der Waals surface area contributed by atoms with Crippen molar-refractivity contribution < 1.29 is 4.39 Å². The van der Waals surface area contributed by atoms with Crippen LogP contribution in [-0.4, -0.2) is 51.3 Å². The third-order valence-electron chi connectivity index (χ3n) is 4.80. The topological polar surface area (TPSA) is 50.1 Å². The summed E-state index contributed by atoms with van der Waals surface area (Å²) in [6.45, 7) is 12.3. The lowest BCUT2D eigenvalue weighted by Gasteiger charge is -2.41. The minimum Gasteiger partial charge on any atom is -0.369 e. The molecule has 2 aromatic rings. The largest absolute Gasteiger partial charge is 0.369 e. The first-order valence-electron chi connectivity index (χ1n) is 8.99. The molecule has 1 aromatic carbocycles. The van der Waals surface area contributed by atoms with Crippen molar-refractivity contribution in [2.75, 3.05) is 31.1 Å². The monoisotopic (exact) mass is 346 g/mol. The molecule has 2 heterocycles. The van der Waals surface area contributed by atoms with Crippen molar-refractivity contribution in [2.24, 2.45) is 5.92 Å². The van der Waals surface area contributed by atoms with Crippen molar-refractivity contribution >= 4 is 5.69 Å². The molecule has 1 unspecified atom stereocenters. The Kier molecular flexibility index (Phi) is 5.32. The highest BCUT2D eigenvalue weighted by molar-refractivity contribution is 5.46. The number of hydrogen-bond acceptors (Lipinski definition) is 5. The van der Waals surface area contributed by atoms with Gasteiger partial charge in [-0.05, 0) is 54.5 Å². The number of nitrogens with zero attached hydrogens (tertiary/aromatic N) is 6. The third kappa shape index (κ3) is 3.81. The summed E-state index contributed by atoms with van der Waals surface area (Å²) in [6, 6.07) is 7.19. The van der Waals surface area contributed by atoms with E-state index in [1.807, 2.05) is 16.8 Å². The van der Waals surface area contributed by atoms with E-state index in [-0.39, 0.29) is 17.9 Å². The Morgan fingerprint density at radius 1 is 0.960 bits per heavy atom. The van der Waals surface area contributed by atoms with E-state index in [2.05, 4.69) is 53.0 Å². The molecule has 1 fully saturated rings. The highest BCUT2D eigenvalue weighted by Gasteiger charge is 2.31. The predicted molar refractivity (Wildman–Crippen MR) is 96.0 cm³/mol. The summed E-state index contributed by atoms with van der Waals surface area (Å²) in [5.41, 5.74) is 1.08. The van der Waals surface area contributed by atoms with Gasteiger partial charge in [0.1, 0.15) is 5.82 Å². The van der Waals surface area contributed by atoms with Crippen LogP contribution >= 0.6 is 0 Å². The van der Waals surface area contributed by atoms with Crippen LogP contribution in [0, 0.1) is 11.7 Å². The van der Waals surface area contributed by atoms with Crippen LogP contribution in [0.2, 0.25) is 0 Å². The van der Waals surface area contributed by atoms with Crippen LogP contribution in [0.4, 0.5) is 10.1 Å². The van der Waals surface area contributed by atoms with Gasteiger partial charge in [0.05, 0.1) is 12.1 Å². The lowest BCUT2D eigenvalue weighted by Crippen LogP contribution is -2.49. The Morgan fingerprint density at radius 3 is 2.16 bits per heavy atom. The highest BCUT2D eigenvalue weighted by atomic mass is 19.1. The molecule has 1 aliphatic rings. The number of piperazine rings is 1. The molecule has 0 spiro atoms. The van der Waals surface area contributed by atoms with Crippen molar-refractivity contribution in [1.82, 2.24) is 25.1 Å². The van der Waals surface area contributed by atoms with Gasteiger partial charge in [-0.3, -0.25) is 4.90 Å². The second-order valence-corrected chi connectivity index (χ2v) is 7.26. The minimum absolute atomic E-state index is 0.192. The van der Waals surface area contributed by atoms with Gasteiger partial charge in [0.25, 0.3) is 0 Å². The summed E-state index contributed by atoms with van der Waals surface area (Å²) < 4.78 is 15.1. The van der Waals surface area contributed by atoms with Gasteiger partial charge < -0.3 is 4.90 Å². The quantitative estimate of drug-likeness (QED) is 0.833. The van der Waals surface area contributed by atoms with Crippen LogP contribution in [0.15, 0.2) is 24.3 Å². The zero-order chi connectivity index (χ0) is 18.0. The van der Waals surface area contributed by atoms with E-state index in [0.29, 0.717) is 5.92 Å². The van der Waals surface area contributed by atoms with Gasteiger partial charge in [-0.25, -0.2) is 9.07 Å². The molecule has 25 heavy (non-hydrogen) atoms. The standard InChI is InChI=1S/C18H27FN6/c1-13(2)17(18-20-21-22-25(18)14(3)4)24-11-9-23(10-12-24)16-7-5-15(19)6-8-16/h5-8,13-14,17H,9-12H2,1-4H3. The number of anilines is 1. The molecule has 136 valence electrons. The molecule has 1 saturated heterocycles. The van der Waals surface area contributed by atoms with Gasteiger partial charge in [-0.2, -0.15) is 0 Å².